The molecule has 1 heterocycles. The number of nitrogens with zero attached hydrogens (tertiary/aromatic N) is 2. The molecule has 0 aliphatic rings. The number of rotatable bonds is 8. The van der Waals surface area contributed by atoms with Crippen molar-refractivity contribution in [2.45, 2.75) is 13.0 Å². The maximum atomic E-state index is 11.8. The minimum absolute atomic E-state index is 0.170. The van der Waals surface area contributed by atoms with E-state index in [9.17, 15) is 8.78 Å². The molecule has 1 aromatic rings. The summed E-state index contributed by atoms with van der Waals surface area (Å²) in [5.41, 5.74) is 0. The molecule has 0 unspecified atom stereocenters. The molecule has 1 aromatic heterocycles. The van der Waals surface area contributed by atoms with Gasteiger partial charge in [-0.1, -0.05) is 11.3 Å². The number of nitrogens with one attached hydrogen (secondary N) is 1. The average molecular weight is 253 g/mol. The molecular formula is C8H13F2N3O2S. The Kier molecular flexibility index (Phi) is 6.12. The van der Waals surface area contributed by atoms with Gasteiger partial charge in [-0.05, 0) is 0 Å². The van der Waals surface area contributed by atoms with Gasteiger partial charge in [0.25, 0.3) is 11.6 Å². The number of aromatic nitrogens is 2. The molecule has 1 N–H and O–H groups in total. The van der Waals surface area contributed by atoms with Gasteiger partial charge in [0.05, 0.1) is 6.61 Å². The normalized spacial score (nSPS) is 11.0. The lowest BCUT2D eigenvalue weighted by Crippen LogP contribution is -2.18. The number of hydrogen-bond acceptors (Lipinski definition) is 6. The van der Waals surface area contributed by atoms with Gasteiger partial charge in [0.1, 0.15) is 5.01 Å². The lowest BCUT2D eigenvalue weighted by atomic mass is 10.6. The van der Waals surface area contributed by atoms with E-state index in [2.05, 4.69) is 15.5 Å². The smallest absolute Gasteiger partial charge is 0.294 e. The highest BCUT2D eigenvalue weighted by atomic mass is 32.1. The molecule has 0 bridgehead atoms. The van der Waals surface area contributed by atoms with Crippen LogP contribution in [0.4, 0.5) is 8.78 Å². The van der Waals surface area contributed by atoms with E-state index in [1.54, 1.807) is 7.11 Å². The van der Waals surface area contributed by atoms with Crippen molar-refractivity contribution in [3.05, 3.63) is 5.01 Å². The number of halogens is 2. The lowest BCUT2D eigenvalue weighted by molar-refractivity contribution is 0.0814. The third-order valence-electron chi connectivity index (χ3n) is 1.54. The molecule has 0 aromatic carbocycles. The summed E-state index contributed by atoms with van der Waals surface area (Å²) in [5.74, 6) is 0. The third kappa shape index (κ3) is 5.29. The topological polar surface area (TPSA) is 56.3 Å². The van der Waals surface area contributed by atoms with Gasteiger partial charge in [0.15, 0.2) is 6.61 Å². The van der Waals surface area contributed by atoms with Gasteiger partial charge in [-0.15, -0.1) is 10.2 Å². The van der Waals surface area contributed by atoms with Gasteiger partial charge in [-0.2, -0.15) is 0 Å². The van der Waals surface area contributed by atoms with E-state index in [1.807, 2.05) is 0 Å². The maximum absolute atomic E-state index is 11.8. The highest BCUT2D eigenvalue weighted by Crippen LogP contribution is 2.17. The Bertz CT molecular complexity index is 299. The zero-order chi connectivity index (χ0) is 11.8. The van der Waals surface area contributed by atoms with Crippen LogP contribution in [-0.4, -0.2) is 43.5 Å². The minimum Gasteiger partial charge on any atom is -0.463 e. The summed E-state index contributed by atoms with van der Waals surface area (Å²) in [6.07, 6.45) is -2.49. The summed E-state index contributed by atoms with van der Waals surface area (Å²) in [7, 11) is 1.61. The summed E-state index contributed by atoms with van der Waals surface area (Å²) in [6, 6.07) is 0. The first kappa shape index (κ1) is 13.2. The van der Waals surface area contributed by atoms with Crippen LogP contribution in [0.25, 0.3) is 0 Å². The summed E-state index contributed by atoms with van der Waals surface area (Å²) in [4.78, 5) is 0. The minimum atomic E-state index is -2.49. The van der Waals surface area contributed by atoms with E-state index in [0.717, 1.165) is 11.3 Å². The zero-order valence-electron chi connectivity index (χ0n) is 8.78. The SMILES string of the molecule is COCCNCc1nnc(OCC(F)F)s1. The number of hydrogen-bond donors (Lipinski definition) is 1. The second kappa shape index (κ2) is 7.42. The Morgan fingerprint density at radius 1 is 1.44 bits per heavy atom. The predicted octanol–water partition coefficient (Wildman–Crippen LogP) is 0.918. The molecule has 1 rings (SSSR count). The maximum Gasteiger partial charge on any atom is 0.294 e. The van der Waals surface area contributed by atoms with Crippen LogP contribution in [0.15, 0.2) is 0 Å². The molecule has 0 radical (unpaired) electrons. The van der Waals surface area contributed by atoms with Crippen LogP contribution >= 0.6 is 11.3 Å². The Morgan fingerprint density at radius 2 is 2.25 bits per heavy atom. The molecule has 5 nitrogen and oxygen atoms in total. The van der Waals surface area contributed by atoms with Crippen molar-refractivity contribution in [1.29, 1.82) is 0 Å². The fourth-order valence-corrected chi connectivity index (χ4v) is 1.54. The van der Waals surface area contributed by atoms with Crippen molar-refractivity contribution in [3.63, 3.8) is 0 Å². The molecule has 92 valence electrons. The van der Waals surface area contributed by atoms with Crippen LogP contribution < -0.4 is 10.1 Å². The molecule has 0 fully saturated rings. The molecular weight excluding hydrogens is 240 g/mol. The van der Waals surface area contributed by atoms with Crippen molar-refractivity contribution in [3.8, 4) is 5.19 Å². The largest absolute Gasteiger partial charge is 0.463 e. The Balaban J connectivity index is 2.22. The van der Waals surface area contributed by atoms with Crippen LogP contribution in [0.5, 0.6) is 5.19 Å². The van der Waals surface area contributed by atoms with Crippen molar-refractivity contribution in [2.24, 2.45) is 0 Å². The van der Waals surface area contributed by atoms with Crippen molar-refractivity contribution in [2.75, 3.05) is 26.9 Å². The Labute approximate surface area is 95.8 Å². The van der Waals surface area contributed by atoms with E-state index < -0.39 is 13.0 Å². The summed E-state index contributed by atoms with van der Waals surface area (Å²) >= 11 is 1.15. The number of alkyl halides is 2. The van der Waals surface area contributed by atoms with E-state index in [-0.39, 0.29) is 5.19 Å². The first-order chi connectivity index (χ1) is 7.72. The highest BCUT2D eigenvalue weighted by Gasteiger charge is 2.08. The number of ether oxygens (including phenoxy) is 2. The first-order valence-corrected chi connectivity index (χ1v) is 5.47. The fourth-order valence-electron chi connectivity index (χ4n) is 0.872. The summed E-state index contributed by atoms with van der Waals surface area (Å²) < 4.78 is 33.2. The fraction of sp³-hybridized carbons (Fsp3) is 0.750. The number of methoxy groups -OCH3 is 1. The van der Waals surface area contributed by atoms with Gasteiger partial charge in [-0.3, -0.25) is 0 Å². The second-order valence-corrected chi connectivity index (χ2v) is 3.86. The van der Waals surface area contributed by atoms with Crippen LogP contribution in [0.2, 0.25) is 0 Å². The molecule has 16 heavy (non-hydrogen) atoms. The molecule has 0 aliphatic carbocycles. The lowest BCUT2D eigenvalue weighted by Gasteiger charge is -1.99. The molecule has 0 amide bonds. The van der Waals surface area contributed by atoms with E-state index in [1.165, 1.54) is 0 Å². The van der Waals surface area contributed by atoms with Gasteiger partial charge >= 0.3 is 0 Å². The van der Waals surface area contributed by atoms with Crippen LogP contribution in [0.1, 0.15) is 5.01 Å². The highest BCUT2D eigenvalue weighted by molar-refractivity contribution is 7.13. The van der Waals surface area contributed by atoms with Gasteiger partial charge in [0.2, 0.25) is 0 Å². The summed E-state index contributed by atoms with van der Waals surface area (Å²) in [6.45, 7) is 1.18. The molecule has 0 aliphatic heterocycles. The van der Waals surface area contributed by atoms with Crippen LogP contribution in [0, 0.1) is 0 Å². The standard InChI is InChI=1S/C8H13F2N3O2S/c1-14-3-2-11-4-7-12-13-8(16-7)15-5-6(9)10/h6,11H,2-5H2,1H3. The molecule has 0 spiro atoms. The van der Waals surface area contributed by atoms with E-state index >= 15 is 0 Å². The van der Waals surface area contributed by atoms with Gasteiger partial charge < -0.3 is 14.8 Å². The quantitative estimate of drug-likeness (QED) is 0.698. The second-order valence-electron chi connectivity index (χ2n) is 2.83. The zero-order valence-corrected chi connectivity index (χ0v) is 9.60. The van der Waals surface area contributed by atoms with E-state index in [0.29, 0.717) is 24.7 Å². The third-order valence-corrected chi connectivity index (χ3v) is 2.38. The first-order valence-electron chi connectivity index (χ1n) is 4.65. The van der Waals surface area contributed by atoms with Gasteiger partial charge in [0, 0.05) is 20.2 Å². The van der Waals surface area contributed by atoms with Crippen molar-refractivity contribution in [1.82, 2.24) is 15.5 Å². The molecule has 0 saturated heterocycles. The Morgan fingerprint density at radius 3 is 2.94 bits per heavy atom. The van der Waals surface area contributed by atoms with Crippen molar-refractivity contribution < 1.29 is 18.3 Å². The average Bonchev–Trinajstić information content (AvgIpc) is 2.70. The van der Waals surface area contributed by atoms with Crippen LogP contribution in [-0.2, 0) is 11.3 Å². The predicted molar refractivity (Wildman–Crippen MR) is 55.0 cm³/mol. The van der Waals surface area contributed by atoms with Gasteiger partial charge in [-0.25, -0.2) is 8.78 Å². The monoisotopic (exact) mass is 253 g/mol. The summed E-state index contributed by atoms with van der Waals surface area (Å²) in [5, 5.41) is 11.3. The Hall–Kier alpha value is -0.860. The van der Waals surface area contributed by atoms with Crippen LogP contribution in [0.3, 0.4) is 0 Å². The molecule has 0 saturated carbocycles. The molecule has 0 atom stereocenters. The van der Waals surface area contributed by atoms with E-state index in [4.69, 9.17) is 9.47 Å². The molecule has 8 heteroatoms. The van der Waals surface area contributed by atoms with Crippen molar-refractivity contribution >= 4 is 11.3 Å².